The summed E-state index contributed by atoms with van der Waals surface area (Å²) in [5.74, 6) is -0.366. The van der Waals surface area contributed by atoms with Crippen LogP contribution in [0.15, 0.2) is 0 Å². The van der Waals surface area contributed by atoms with Gasteiger partial charge in [-0.25, -0.2) is 0 Å². The molecule has 1 aliphatic rings. The van der Waals surface area contributed by atoms with Crippen LogP contribution in [0.5, 0.6) is 0 Å². The second kappa shape index (κ2) is 3.69. The first-order valence-corrected chi connectivity index (χ1v) is 3.50. The highest BCUT2D eigenvalue weighted by Crippen LogP contribution is 2.20. The molecule has 0 amide bonds. The predicted molar refractivity (Wildman–Crippen MR) is 36.9 cm³/mol. The van der Waals surface area contributed by atoms with E-state index < -0.39 is 0 Å². The van der Waals surface area contributed by atoms with Crippen molar-refractivity contribution < 1.29 is 19.0 Å². The van der Waals surface area contributed by atoms with Crippen LogP contribution in [-0.2, 0) is 19.0 Å². The first-order chi connectivity index (χ1) is 5.27. The SMILES string of the molecule is COC(=O)C1COC(OC)C1. The fraction of sp³-hybridized carbons (Fsp3) is 0.857. The third-order valence-electron chi connectivity index (χ3n) is 1.76. The average Bonchev–Trinajstić information content (AvgIpc) is 2.50. The number of esters is 1. The Bertz CT molecular complexity index is 145. The van der Waals surface area contributed by atoms with Gasteiger partial charge in [-0.1, -0.05) is 0 Å². The Labute approximate surface area is 65.4 Å². The molecule has 11 heavy (non-hydrogen) atoms. The van der Waals surface area contributed by atoms with E-state index in [-0.39, 0.29) is 18.2 Å². The van der Waals surface area contributed by atoms with Crippen LogP contribution < -0.4 is 0 Å². The summed E-state index contributed by atoms with van der Waals surface area (Å²) >= 11 is 0. The molecule has 0 aliphatic carbocycles. The van der Waals surface area contributed by atoms with Crippen LogP contribution in [0.2, 0.25) is 0 Å². The average molecular weight is 160 g/mol. The maximum Gasteiger partial charge on any atom is 0.311 e. The summed E-state index contributed by atoms with van der Waals surface area (Å²) in [5.41, 5.74) is 0. The van der Waals surface area contributed by atoms with Crippen LogP contribution in [0.1, 0.15) is 6.42 Å². The van der Waals surface area contributed by atoms with E-state index in [9.17, 15) is 4.79 Å². The standard InChI is InChI=1S/C7H12O4/c1-9-6-3-5(4-11-6)7(8)10-2/h5-6H,3-4H2,1-2H3. The lowest BCUT2D eigenvalue weighted by Gasteiger charge is -2.04. The van der Waals surface area contributed by atoms with Crippen molar-refractivity contribution in [1.29, 1.82) is 0 Å². The topological polar surface area (TPSA) is 44.8 Å². The molecule has 1 fully saturated rings. The zero-order valence-electron chi connectivity index (χ0n) is 6.70. The van der Waals surface area contributed by atoms with Gasteiger partial charge in [0.2, 0.25) is 0 Å². The fourth-order valence-electron chi connectivity index (χ4n) is 1.09. The van der Waals surface area contributed by atoms with Crippen molar-refractivity contribution >= 4 is 5.97 Å². The molecule has 0 aromatic carbocycles. The molecule has 0 saturated carbocycles. The lowest BCUT2D eigenvalue weighted by molar-refractivity contribution is -0.145. The van der Waals surface area contributed by atoms with E-state index in [0.29, 0.717) is 13.0 Å². The van der Waals surface area contributed by atoms with Crippen molar-refractivity contribution in [3.63, 3.8) is 0 Å². The molecule has 0 radical (unpaired) electrons. The largest absolute Gasteiger partial charge is 0.469 e. The molecule has 4 heteroatoms. The Kier molecular flexibility index (Phi) is 2.84. The van der Waals surface area contributed by atoms with Crippen molar-refractivity contribution in [3.05, 3.63) is 0 Å². The maximum absolute atomic E-state index is 10.9. The summed E-state index contributed by atoms with van der Waals surface area (Å²) in [5, 5.41) is 0. The quantitative estimate of drug-likeness (QED) is 0.540. The van der Waals surface area contributed by atoms with Crippen molar-refractivity contribution in [2.24, 2.45) is 5.92 Å². The molecule has 1 aliphatic heterocycles. The van der Waals surface area contributed by atoms with Gasteiger partial charge in [-0.05, 0) is 0 Å². The normalized spacial score (nSPS) is 30.4. The zero-order valence-corrected chi connectivity index (χ0v) is 6.70. The summed E-state index contributed by atoms with van der Waals surface area (Å²) in [6, 6.07) is 0. The number of hydrogen-bond donors (Lipinski definition) is 0. The summed E-state index contributed by atoms with van der Waals surface area (Å²) < 4.78 is 14.6. The first-order valence-electron chi connectivity index (χ1n) is 3.50. The summed E-state index contributed by atoms with van der Waals surface area (Å²) in [4.78, 5) is 10.9. The third-order valence-corrected chi connectivity index (χ3v) is 1.76. The van der Waals surface area contributed by atoms with Gasteiger partial charge in [-0.15, -0.1) is 0 Å². The summed E-state index contributed by atoms with van der Waals surface area (Å²) in [6.45, 7) is 0.408. The second-order valence-electron chi connectivity index (χ2n) is 2.45. The van der Waals surface area contributed by atoms with E-state index in [0.717, 1.165) is 0 Å². The number of hydrogen-bond acceptors (Lipinski definition) is 4. The van der Waals surface area contributed by atoms with Crippen LogP contribution in [0.25, 0.3) is 0 Å². The van der Waals surface area contributed by atoms with E-state index in [1.54, 1.807) is 7.11 Å². The van der Waals surface area contributed by atoms with Gasteiger partial charge in [0.05, 0.1) is 19.6 Å². The molecule has 0 aromatic rings. The molecular formula is C7H12O4. The molecule has 1 rings (SSSR count). The number of carbonyl (C=O) groups is 1. The van der Waals surface area contributed by atoms with Gasteiger partial charge >= 0.3 is 5.97 Å². The van der Waals surface area contributed by atoms with E-state index in [1.807, 2.05) is 0 Å². The van der Waals surface area contributed by atoms with Crippen LogP contribution in [0.4, 0.5) is 0 Å². The highest BCUT2D eigenvalue weighted by atomic mass is 16.7. The lowest BCUT2D eigenvalue weighted by atomic mass is 10.1. The molecule has 0 aromatic heterocycles. The first kappa shape index (κ1) is 8.49. The monoisotopic (exact) mass is 160 g/mol. The Balaban J connectivity index is 2.35. The van der Waals surface area contributed by atoms with Gasteiger partial charge in [0.25, 0.3) is 0 Å². The smallest absolute Gasteiger partial charge is 0.311 e. The van der Waals surface area contributed by atoms with Crippen LogP contribution >= 0.6 is 0 Å². The van der Waals surface area contributed by atoms with Gasteiger partial charge in [0, 0.05) is 13.5 Å². The van der Waals surface area contributed by atoms with E-state index in [1.165, 1.54) is 7.11 Å². The van der Waals surface area contributed by atoms with Crippen molar-refractivity contribution in [1.82, 2.24) is 0 Å². The molecule has 1 heterocycles. The predicted octanol–water partition coefficient (Wildman–Crippen LogP) is 0.168. The summed E-state index contributed by atoms with van der Waals surface area (Å²) in [7, 11) is 2.94. The second-order valence-corrected chi connectivity index (χ2v) is 2.45. The summed E-state index contributed by atoms with van der Waals surface area (Å²) in [6.07, 6.45) is 0.363. The number of ether oxygens (including phenoxy) is 3. The number of carbonyl (C=O) groups excluding carboxylic acids is 1. The van der Waals surface area contributed by atoms with Crippen molar-refractivity contribution in [2.75, 3.05) is 20.8 Å². The third kappa shape index (κ3) is 1.91. The highest BCUT2D eigenvalue weighted by Gasteiger charge is 2.31. The van der Waals surface area contributed by atoms with Gasteiger partial charge in [0.1, 0.15) is 0 Å². The van der Waals surface area contributed by atoms with Gasteiger partial charge < -0.3 is 14.2 Å². The minimum atomic E-state index is -0.237. The molecular weight excluding hydrogens is 148 g/mol. The molecule has 2 atom stereocenters. The Morgan fingerprint density at radius 2 is 2.27 bits per heavy atom. The molecule has 0 bridgehead atoms. The Hall–Kier alpha value is -0.610. The van der Waals surface area contributed by atoms with Crippen LogP contribution in [-0.4, -0.2) is 33.1 Å². The van der Waals surface area contributed by atoms with Crippen molar-refractivity contribution in [3.8, 4) is 0 Å². The zero-order chi connectivity index (χ0) is 8.27. The Morgan fingerprint density at radius 1 is 1.55 bits per heavy atom. The van der Waals surface area contributed by atoms with Crippen LogP contribution in [0, 0.1) is 5.92 Å². The molecule has 0 N–H and O–H groups in total. The number of rotatable bonds is 2. The minimum Gasteiger partial charge on any atom is -0.469 e. The van der Waals surface area contributed by atoms with Gasteiger partial charge in [0.15, 0.2) is 6.29 Å². The highest BCUT2D eigenvalue weighted by molar-refractivity contribution is 5.72. The van der Waals surface area contributed by atoms with E-state index >= 15 is 0 Å². The molecule has 4 nitrogen and oxygen atoms in total. The van der Waals surface area contributed by atoms with Gasteiger partial charge in [-0.2, -0.15) is 0 Å². The minimum absolute atomic E-state index is 0.148. The maximum atomic E-state index is 10.9. The Morgan fingerprint density at radius 3 is 2.73 bits per heavy atom. The van der Waals surface area contributed by atoms with Crippen molar-refractivity contribution in [2.45, 2.75) is 12.7 Å². The molecule has 0 spiro atoms. The molecule has 1 saturated heterocycles. The number of methoxy groups -OCH3 is 2. The molecule has 2 unspecified atom stereocenters. The molecule has 64 valence electrons. The van der Waals surface area contributed by atoms with Crippen LogP contribution in [0.3, 0.4) is 0 Å². The lowest BCUT2D eigenvalue weighted by Crippen LogP contribution is -2.16. The van der Waals surface area contributed by atoms with Gasteiger partial charge in [-0.3, -0.25) is 4.79 Å². The van der Waals surface area contributed by atoms with E-state index in [4.69, 9.17) is 9.47 Å². The fourth-order valence-corrected chi connectivity index (χ4v) is 1.09. The van der Waals surface area contributed by atoms with E-state index in [2.05, 4.69) is 4.74 Å².